The predicted molar refractivity (Wildman–Crippen MR) is 324 cm³/mol. The molecule has 6 aromatic carbocycles. The zero-order valence-electron chi connectivity index (χ0n) is 45.6. The molecule has 3 aliphatic rings. The molecule has 2 aliphatic carbocycles. The second-order valence-electron chi connectivity index (χ2n) is 22.8. The number of nitrogens with one attached hydrogen (secondary N) is 3. The Morgan fingerprint density at radius 2 is 1.11 bits per heavy atom. The van der Waals surface area contributed by atoms with E-state index < -0.39 is 0 Å². The van der Waals surface area contributed by atoms with Crippen LogP contribution in [0.4, 0.5) is 0 Å². The van der Waals surface area contributed by atoms with Crippen LogP contribution in [0.3, 0.4) is 0 Å². The Balaban J connectivity index is 0.000000143. The minimum absolute atomic E-state index is 0.112. The van der Waals surface area contributed by atoms with E-state index in [9.17, 15) is 4.79 Å². The monoisotopic (exact) mass is 1110 g/mol. The van der Waals surface area contributed by atoms with Crippen molar-refractivity contribution in [1.29, 1.82) is 0 Å². The van der Waals surface area contributed by atoms with Crippen molar-refractivity contribution in [3.05, 3.63) is 219 Å². The molecule has 0 unspecified atom stereocenters. The molecule has 75 heavy (non-hydrogen) atoms. The van der Waals surface area contributed by atoms with Crippen LogP contribution in [0.25, 0.3) is 56.3 Å². The number of rotatable bonds is 6. The number of H-pyrrole nitrogens is 3. The molecule has 7 heteroatoms. The lowest BCUT2D eigenvalue weighted by atomic mass is 9.82. The highest BCUT2D eigenvalue weighted by atomic mass is 79.9. The summed E-state index contributed by atoms with van der Waals surface area (Å²) in [6, 6.07) is 39.2. The first-order valence-corrected chi connectivity index (χ1v) is 28.1. The first-order valence-electron chi connectivity index (χ1n) is 26.5. The van der Waals surface area contributed by atoms with E-state index in [1.807, 2.05) is 12.1 Å². The zero-order valence-corrected chi connectivity index (χ0v) is 48.7. The molecule has 380 valence electrons. The van der Waals surface area contributed by atoms with Gasteiger partial charge in [-0.1, -0.05) is 172 Å². The second-order valence-corrected chi connectivity index (χ2v) is 24.6. The summed E-state index contributed by atoms with van der Waals surface area (Å²) in [5, 5.41) is 2.03. The van der Waals surface area contributed by atoms with Crippen LogP contribution in [-0.4, -0.2) is 26.9 Å². The summed E-state index contributed by atoms with van der Waals surface area (Å²) in [7, 11) is 0. The number of fused-ring (bicyclic) bond motifs is 8. The van der Waals surface area contributed by atoms with E-state index >= 15 is 0 Å². The molecule has 0 amide bonds. The lowest BCUT2D eigenvalue weighted by molar-refractivity contribution is 0.112. The number of aromatic nitrogens is 3. The van der Waals surface area contributed by atoms with Gasteiger partial charge < -0.3 is 15.0 Å². The van der Waals surface area contributed by atoms with Crippen LogP contribution in [0.2, 0.25) is 0 Å². The molecule has 0 fully saturated rings. The standard InChI is InChI=1S/C34H33BrN2.C21H22BrNO.C13H13N/c1-7-24-27-16-21-10-8-9-11-25(21)32(27)36-29(24)18-30-26-13-12-23(35)17-28(26)33(37-30)31-19(2)14-22(15-20(31)3)34(4,5)6;1-12-8-14(21(3,4)5)9-13(2)19(12)20-17-10-15(22)6-7-16(17)18(11-24)23-20;1-2-9-8-14-13-11-6-4-3-5-10(11)7-12(9)13/h8-15,17-18,36H,7,16H2,1-6H3;6-11,23H,1-5H3;3-6,8,14H,2,7H2,1H3. The Morgan fingerprint density at radius 3 is 1.69 bits per heavy atom. The number of halogens is 2. The topological polar surface area (TPSA) is 76.8 Å². The van der Waals surface area contributed by atoms with Crippen molar-refractivity contribution >= 4 is 66.4 Å². The summed E-state index contributed by atoms with van der Waals surface area (Å²) in [4.78, 5) is 27.3. The third-order valence-electron chi connectivity index (χ3n) is 15.6. The molecule has 3 N–H and O–H groups in total. The average molecular weight is 1120 g/mol. The first kappa shape index (κ1) is 51.9. The van der Waals surface area contributed by atoms with Crippen LogP contribution in [0.5, 0.6) is 0 Å². The first-order chi connectivity index (χ1) is 35.8. The largest absolute Gasteiger partial charge is 0.361 e. The lowest BCUT2D eigenvalue weighted by Crippen LogP contribution is -2.14. The van der Waals surface area contributed by atoms with Gasteiger partial charge >= 0.3 is 0 Å². The highest BCUT2D eigenvalue weighted by Gasteiger charge is 2.29. The Morgan fingerprint density at radius 1 is 0.560 bits per heavy atom. The molecule has 0 radical (unpaired) electrons. The van der Waals surface area contributed by atoms with Crippen LogP contribution in [0.15, 0.2) is 129 Å². The molecule has 0 spiro atoms. The summed E-state index contributed by atoms with van der Waals surface area (Å²) < 4.78 is 2.08. The number of aliphatic imine (C=N–C) groups is 1. The number of hydrogen-bond acceptors (Lipinski definition) is 2. The van der Waals surface area contributed by atoms with Gasteiger partial charge in [0, 0.05) is 89.2 Å². The quantitative estimate of drug-likeness (QED) is 0.143. The van der Waals surface area contributed by atoms with E-state index in [1.54, 1.807) is 0 Å². The molecule has 3 aromatic heterocycles. The van der Waals surface area contributed by atoms with E-state index in [2.05, 4.69) is 239 Å². The predicted octanol–water partition coefficient (Wildman–Crippen LogP) is 18.6. The van der Waals surface area contributed by atoms with E-state index in [4.69, 9.17) is 4.99 Å². The van der Waals surface area contributed by atoms with Crippen LogP contribution in [0, 0.1) is 27.7 Å². The third-order valence-corrected chi connectivity index (χ3v) is 16.6. The minimum atomic E-state index is 0.112. The van der Waals surface area contributed by atoms with Gasteiger partial charge in [0.1, 0.15) is 0 Å². The summed E-state index contributed by atoms with van der Waals surface area (Å²) >= 11 is 7.26. The smallest absolute Gasteiger partial charge is 0.166 e. The zero-order chi connectivity index (χ0) is 53.2. The molecule has 5 nitrogen and oxygen atoms in total. The maximum atomic E-state index is 11.5. The van der Waals surface area contributed by atoms with Crippen LogP contribution < -0.4 is 0 Å². The lowest BCUT2D eigenvalue weighted by Gasteiger charge is -2.22. The van der Waals surface area contributed by atoms with Crippen molar-refractivity contribution in [2.24, 2.45) is 4.99 Å². The maximum Gasteiger partial charge on any atom is 0.166 e. The van der Waals surface area contributed by atoms with E-state index in [0.717, 1.165) is 68.8 Å². The molecular formula is C68H68Br2N4O. The number of nitrogens with zero attached hydrogens (tertiary/aromatic N) is 1. The highest BCUT2D eigenvalue weighted by Crippen LogP contribution is 2.44. The van der Waals surface area contributed by atoms with Crippen molar-refractivity contribution < 1.29 is 4.79 Å². The van der Waals surface area contributed by atoms with Gasteiger partial charge in [-0.2, -0.15) is 0 Å². The van der Waals surface area contributed by atoms with Gasteiger partial charge in [-0.3, -0.25) is 4.79 Å². The van der Waals surface area contributed by atoms with Crippen LogP contribution in [-0.2, 0) is 36.5 Å². The van der Waals surface area contributed by atoms with Gasteiger partial charge in [0.2, 0.25) is 0 Å². The third kappa shape index (κ3) is 9.72. The maximum absolute atomic E-state index is 11.5. The Labute approximate surface area is 460 Å². The van der Waals surface area contributed by atoms with Gasteiger partial charge in [-0.15, -0.1) is 0 Å². The Hall–Kier alpha value is -6.54. The molecule has 0 saturated carbocycles. The summed E-state index contributed by atoms with van der Waals surface area (Å²) in [6.45, 7) is 26.7. The van der Waals surface area contributed by atoms with E-state index in [1.165, 1.54) is 117 Å². The summed E-state index contributed by atoms with van der Waals surface area (Å²) in [6.07, 6.45) is 9.56. The Kier molecular flexibility index (Phi) is 14.0. The van der Waals surface area contributed by atoms with Gasteiger partial charge in [0.05, 0.1) is 22.8 Å². The SMILES string of the molecule is CCc1c(C=C2N=C(c3c(C)cc(C(C)(C)C)cc3C)c3cc(Br)ccc32)[nH]c2c1Cc1ccccc1-2.CCc1c[nH]c2c1Cc1ccccc1-2.Cc1cc(C(C)(C)C)cc(C)c1-c1[nH]c(C=O)c2ccc(Br)cc12. The average Bonchev–Trinajstić information content (AvgIpc) is 4.23. The number of aryl methyl sites for hydroxylation is 5. The van der Waals surface area contributed by atoms with Crippen molar-refractivity contribution in [3.8, 4) is 33.8 Å². The number of aldehydes is 1. The van der Waals surface area contributed by atoms with E-state index in [0.29, 0.717) is 5.69 Å². The fraction of sp³-hybridized carbons (Fsp3) is 0.265. The van der Waals surface area contributed by atoms with Crippen LogP contribution >= 0.6 is 31.9 Å². The fourth-order valence-corrected chi connectivity index (χ4v) is 12.4. The van der Waals surface area contributed by atoms with E-state index in [-0.39, 0.29) is 10.8 Å². The number of hydrogen-bond donors (Lipinski definition) is 3. The van der Waals surface area contributed by atoms with Crippen molar-refractivity contribution in [3.63, 3.8) is 0 Å². The Bertz CT molecular complexity index is 3750. The molecule has 0 saturated heterocycles. The normalized spacial score (nSPS) is 13.6. The summed E-state index contributed by atoms with van der Waals surface area (Å²) in [5.74, 6) is 0. The van der Waals surface area contributed by atoms with Gasteiger partial charge in [0.25, 0.3) is 0 Å². The molecule has 4 heterocycles. The second kappa shape index (κ2) is 20.2. The van der Waals surface area contributed by atoms with Gasteiger partial charge in [0.15, 0.2) is 6.29 Å². The minimum Gasteiger partial charge on any atom is -0.361 e. The summed E-state index contributed by atoms with van der Waals surface area (Å²) in [5.41, 5.74) is 31.7. The number of aromatic amines is 3. The van der Waals surface area contributed by atoms with Gasteiger partial charge in [-0.05, 0) is 148 Å². The fourth-order valence-electron chi connectivity index (χ4n) is 11.7. The number of benzene rings is 6. The van der Waals surface area contributed by atoms with Crippen LogP contribution in [0.1, 0.15) is 155 Å². The molecule has 12 rings (SSSR count). The van der Waals surface area contributed by atoms with Crippen molar-refractivity contribution in [1.82, 2.24) is 15.0 Å². The molecule has 0 bridgehead atoms. The van der Waals surface area contributed by atoms with Crippen molar-refractivity contribution in [2.45, 2.75) is 120 Å². The highest BCUT2D eigenvalue weighted by molar-refractivity contribution is 9.10. The molecular weight excluding hydrogens is 1050 g/mol. The molecule has 0 atom stereocenters. The molecule has 9 aromatic rings. The number of carbonyl (C=O) groups excluding carboxylic acids is 1. The van der Waals surface area contributed by atoms with Gasteiger partial charge in [-0.25, -0.2) is 4.99 Å². The van der Waals surface area contributed by atoms with Crippen molar-refractivity contribution in [2.75, 3.05) is 0 Å². The molecule has 1 aliphatic heterocycles. The number of carbonyl (C=O) groups is 1.